The monoisotopic (exact) mass is 355 g/mol. The molecule has 1 aliphatic rings. The third-order valence-corrected chi connectivity index (χ3v) is 5.08. The summed E-state index contributed by atoms with van der Waals surface area (Å²) in [4.78, 5) is 0. The Morgan fingerprint density at radius 1 is 1.13 bits per heavy atom. The highest BCUT2D eigenvalue weighted by molar-refractivity contribution is 7.89. The molecule has 1 aromatic rings. The number of benzene rings is 1. The molecule has 0 aromatic heterocycles. The van der Waals surface area contributed by atoms with E-state index in [-0.39, 0.29) is 5.75 Å². The van der Waals surface area contributed by atoms with Crippen LogP contribution in [0.4, 0.5) is 0 Å². The number of halogens is 1. The summed E-state index contributed by atoms with van der Waals surface area (Å²) in [5.41, 5.74) is 1.88. The molecule has 0 atom stereocenters. The molecule has 1 aromatic carbocycles. The Bertz CT molecular complexity index is 659. The van der Waals surface area contributed by atoms with E-state index in [9.17, 15) is 8.42 Å². The maximum Gasteiger partial charge on any atom is 0.632 e. The largest absolute Gasteiger partial charge is 0.632 e. The summed E-state index contributed by atoms with van der Waals surface area (Å²) in [6.07, 6.45) is 1.05. The van der Waals surface area contributed by atoms with Crippen LogP contribution >= 0.6 is 11.6 Å². The number of alkyl halides is 1. The molecule has 0 saturated carbocycles. The first-order valence-corrected chi connectivity index (χ1v) is 9.43. The van der Waals surface area contributed by atoms with E-state index in [1.165, 1.54) is 0 Å². The lowest BCUT2D eigenvalue weighted by Crippen LogP contribution is -2.31. The Morgan fingerprint density at radius 3 is 2.30 bits per heavy atom. The van der Waals surface area contributed by atoms with Crippen molar-refractivity contribution in [2.75, 3.05) is 18.2 Å². The molecule has 124 valence electrons. The summed E-state index contributed by atoms with van der Waals surface area (Å²) in [5.74, 6) is 1.27. The summed E-state index contributed by atoms with van der Waals surface area (Å²) in [6.45, 7) is 7.74. The van der Waals surface area contributed by atoms with E-state index in [1.54, 1.807) is 0 Å². The minimum Gasteiger partial charge on any atom is -0.520 e. The number of rotatable bonds is 8. The second-order valence-corrected chi connectivity index (χ2v) is 7.47. The van der Waals surface area contributed by atoms with Crippen molar-refractivity contribution in [2.45, 2.75) is 12.8 Å². The van der Waals surface area contributed by atoms with Gasteiger partial charge in [0, 0.05) is 17.9 Å². The average molecular weight is 356 g/mol. The number of nitrogens with one attached hydrogen (secondary N) is 1. The van der Waals surface area contributed by atoms with Gasteiger partial charge in [-0.2, -0.15) is 0 Å². The van der Waals surface area contributed by atoms with Gasteiger partial charge in [-0.05, 0) is 18.4 Å². The summed E-state index contributed by atoms with van der Waals surface area (Å²) in [5, 5.41) is 0. The first kappa shape index (κ1) is 17.9. The Labute approximate surface area is 142 Å². The van der Waals surface area contributed by atoms with Gasteiger partial charge >= 0.3 is 7.12 Å². The van der Waals surface area contributed by atoms with Gasteiger partial charge in [0.2, 0.25) is 10.0 Å². The van der Waals surface area contributed by atoms with Gasteiger partial charge < -0.3 is 9.31 Å². The molecule has 0 unspecified atom stereocenters. The number of sulfonamides is 1. The Hall–Kier alpha value is -1.44. The predicted octanol–water partition coefficient (Wildman–Crippen LogP) is 1.55. The normalized spacial score (nSPS) is 14.7. The molecule has 23 heavy (non-hydrogen) atoms. The Kier molecular flexibility index (Phi) is 6.15. The fourth-order valence-corrected chi connectivity index (χ4v) is 3.43. The van der Waals surface area contributed by atoms with Crippen LogP contribution < -0.4 is 10.2 Å². The van der Waals surface area contributed by atoms with Gasteiger partial charge in [-0.25, -0.2) is 13.1 Å². The second kappa shape index (κ2) is 7.90. The first-order chi connectivity index (χ1) is 10.9. The van der Waals surface area contributed by atoms with Crippen molar-refractivity contribution in [3.8, 4) is 0 Å². The molecule has 5 nitrogen and oxygen atoms in total. The summed E-state index contributed by atoms with van der Waals surface area (Å²) in [7, 11) is -3.76. The molecule has 1 saturated heterocycles. The second-order valence-electron chi connectivity index (χ2n) is 5.16. The van der Waals surface area contributed by atoms with Crippen LogP contribution in [0.15, 0.2) is 48.9 Å². The van der Waals surface area contributed by atoms with Crippen molar-refractivity contribution in [2.24, 2.45) is 0 Å². The molecular weight excluding hydrogens is 337 g/mol. The molecule has 2 rings (SSSR count). The molecule has 0 bridgehead atoms. The minimum absolute atomic E-state index is 0.0551. The molecule has 0 aliphatic carbocycles. The van der Waals surface area contributed by atoms with Crippen LogP contribution in [0.1, 0.15) is 12.0 Å². The van der Waals surface area contributed by atoms with Crippen molar-refractivity contribution in [1.82, 2.24) is 4.72 Å². The van der Waals surface area contributed by atoms with Crippen molar-refractivity contribution >= 4 is 34.2 Å². The maximum absolute atomic E-state index is 11.6. The SMILES string of the molecule is C=C1OB(c2ccc(CCNS(=O)(=O)CCCCl)cc2)OC1=C. The topological polar surface area (TPSA) is 64.6 Å². The Balaban J connectivity index is 1.84. The highest BCUT2D eigenvalue weighted by Gasteiger charge is 2.34. The Morgan fingerprint density at radius 2 is 1.74 bits per heavy atom. The quantitative estimate of drug-likeness (QED) is 0.567. The lowest BCUT2D eigenvalue weighted by molar-refractivity contribution is 0.431. The zero-order valence-corrected chi connectivity index (χ0v) is 14.3. The number of hydrogen-bond acceptors (Lipinski definition) is 4. The molecule has 1 heterocycles. The molecule has 0 radical (unpaired) electrons. The van der Waals surface area contributed by atoms with Crippen LogP contribution in [0.5, 0.6) is 0 Å². The lowest BCUT2D eigenvalue weighted by Gasteiger charge is -2.07. The minimum atomic E-state index is -3.24. The molecular formula is C15H19BClNO4S. The predicted molar refractivity (Wildman–Crippen MR) is 93.1 cm³/mol. The zero-order valence-electron chi connectivity index (χ0n) is 12.8. The van der Waals surface area contributed by atoms with E-state index in [0.717, 1.165) is 11.0 Å². The smallest absolute Gasteiger partial charge is 0.520 e. The molecule has 0 amide bonds. The summed E-state index contributed by atoms with van der Waals surface area (Å²) >= 11 is 5.50. The maximum atomic E-state index is 11.6. The van der Waals surface area contributed by atoms with Crippen molar-refractivity contribution in [3.63, 3.8) is 0 Å². The summed E-state index contributed by atoms with van der Waals surface area (Å²) in [6, 6.07) is 7.60. The van der Waals surface area contributed by atoms with E-state index in [2.05, 4.69) is 17.9 Å². The van der Waals surface area contributed by atoms with Crippen LogP contribution in [0.25, 0.3) is 0 Å². The standard InChI is InChI=1S/C15H19BClNO4S/c1-12-13(2)22-16(21-12)15-6-4-14(5-7-15)8-10-18-23(19,20)11-3-9-17/h4-7,18H,1-3,8-11H2. The van der Waals surface area contributed by atoms with Crippen LogP contribution in [-0.4, -0.2) is 33.7 Å². The van der Waals surface area contributed by atoms with E-state index < -0.39 is 17.1 Å². The van der Waals surface area contributed by atoms with Crippen LogP contribution in [0.3, 0.4) is 0 Å². The van der Waals surface area contributed by atoms with E-state index in [4.69, 9.17) is 20.9 Å². The lowest BCUT2D eigenvalue weighted by atomic mass is 9.79. The fraction of sp³-hybridized carbons (Fsp3) is 0.333. The highest BCUT2D eigenvalue weighted by Crippen LogP contribution is 2.20. The van der Waals surface area contributed by atoms with Crippen LogP contribution in [-0.2, 0) is 25.8 Å². The van der Waals surface area contributed by atoms with E-state index >= 15 is 0 Å². The van der Waals surface area contributed by atoms with Gasteiger partial charge in [-0.3, -0.25) is 0 Å². The van der Waals surface area contributed by atoms with Crippen LogP contribution in [0, 0.1) is 0 Å². The molecule has 8 heteroatoms. The van der Waals surface area contributed by atoms with Gasteiger partial charge in [0.25, 0.3) is 0 Å². The van der Waals surface area contributed by atoms with Gasteiger partial charge in [-0.1, -0.05) is 37.4 Å². The van der Waals surface area contributed by atoms with E-state index in [0.29, 0.717) is 36.8 Å². The van der Waals surface area contributed by atoms with Crippen LogP contribution in [0.2, 0.25) is 0 Å². The first-order valence-electron chi connectivity index (χ1n) is 7.25. The van der Waals surface area contributed by atoms with Gasteiger partial charge in [0.15, 0.2) is 0 Å². The van der Waals surface area contributed by atoms with Gasteiger partial charge in [0.05, 0.1) is 5.75 Å². The van der Waals surface area contributed by atoms with Gasteiger partial charge in [-0.15, -0.1) is 11.6 Å². The van der Waals surface area contributed by atoms with Crippen molar-refractivity contribution in [1.29, 1.82) is 0 Å². The van der Waals surface area contributed by atoms with Crippen molar-refractivity contribution in [3.05, 3.63) is 54.5 Å². The van der Waals surface area contributed by atoms with Gasteiger partial charge in [0.1, 0.15) is 11.5 Å². The third kappa shape index (κ3) is 5.30. The molecule has 1 aliphatic heterocycles. The molecule has 1 N–H and O–H groups in total. The number of hydrogen-bond donors (Lipinski definition) is 1. The molecule has 0 spiro atoms. The van der Waals surface area contributed by atoms with E-state index in [1.807, 2.05) is 24.3 Å². The third-order valence-electron chi connectivity index (χ3n) is 3.34. The highest BCUT2D eigenvalue weighted by atomic mass is 35.5. The average Bonchev–Trinajstić information content (AvgIpc) is 2.85. The molecule has 1 fully saturated rings. The zero-order chi connectivity index (χ0) is 16.9. The van der Waals surface area contributed by atoms with Crippen molar-refractivity contribution < 1.29 is 17.7 Å². The fourth-order valence-electron chi connectivity index (χ4n) is 2.06. The summed E-state index contributed by atoms with van der Waals surface area (Å²) < 4.78 is 36.8.